The molecule has 0 amide bonds. The summed E-state index contributed by atoms with van der Waals surface area (Å²) in [6, 6.07) is 8.00. The Morgan fingerprint density at radius 1 is 1.05 bits per heavy atom. The molecule has 1 aliphatic carbocycles. The quantitative estimate of drug-likeness (QED) is 0.673. The Labute approximate surface area is 129 Å². The van der Waals surface area contributed by atoms with Crippen LogP contribution in [0.5, 0.6) is 5.75 Å². The number of rotatable bonds is 5. The summed E-state index contributed by atoms with van der Waals surface area (Å²) in [4.78, 5) is 0. The Bertz CT molecular complexity index is 463. The van der Waals surface area contributed by atoms with Crippen LogP contribution in [0.4, 0.5) is 0 Å². The minimum absolute atomic E-state index is 0.104. The standard InChI is InChI=1S/C19H28O2/c1-6-15-11-13-17(14-12-15)21-19(5,18(2,3)4)20-16-9-7-8-10-16/h6,11-14,16H,1,7-10H2,2-5H3. The predicted molar refractivity (Wildman–Crippen MR) is 88.4 cm³/mol. The van der Waals surface area contributed by atoms with Crippen molar-refractivity contribution in [1.82, 2.24) is 0 Å². The maximum atomic E-state index is 6.38. The van der Waals surface area contributed by atoms with Gasteiger partial charge in [-0.15, -0.1) is 0 Å². The van der Waals surface area contributed by atoms with Crippen molar-refractivity contribution < 1.29 is 9.47 Å². The fourth-order valence-electron chi connectivity index (χ4n) is 2.58. The molecule has 1 aromatic rings. The number of ether oxygens (including phenoxy) is 2. The molecular formula is C19H28O2. The van der Waals surface area contributed by atoms with Crippen LogP contribution in [0.1, 0.15) is 58.9 Å². The van der Waals surface area contributed by atoms with Crippen molar-refractivity contribution in [3.8, 4) is 5.75 Å². The summed E-state index contributed by atoms with van der Waals surface area (Å²) in [7, 11) is 0. The molecule has 1 saturated carbocycles. The minimum Gasteiger partial charge on any atom is -0.462 e. The molecule has 1 atom stereocenters. The van der Waals surface area contributed by atoms with E-state index in [1.165, 1.54) is 12.8 Å². The second-order valence-electron chi connectivity index (χ2n) is 7.10. The van der Waals surface area contributed by atoms with Crippen LogP contribution in [0.15, 0.2) is 30.8 Å². The third-order valence-corrected chi connectivity index (χ3v) is 4.48. The van der Waals surface area contributed by atoms with E-state index in [9.17, 15) is 0 Å². The lowest BCUT2D eigenvalue weighted by Crippen LogP contribution is -2.49. The summed E-state index contributed by atoms with van der Waals surface area (Å²) < 4.78 is 12.7. The van der Waals surface area contributed by atoms with Gasteiger partial charge in [0.1, 0.15) is 5.75 Å². The van der Waals surface area contributed by atoms with E-state index in [1.54, 1.807) is 0 Å². The van der Waals surface area contributed by atoms with Crippen molar-refractivity contribution in [3.63, 3.8) is 0 Å². The smallest absolute Gasteiger partial charge is 0.212 e. The third kappa shape index (κ3) is 3.88. The van der Waals surface area contributed by atoms with Crippen LogP contribution in [0.25, 0.3) is 6.08 Å². The van der Waals surface area contributed by atoms with E-state index in [0.29, 0.717) is 6.10 Å². The average molecular weight is 288 g/mol. The van der Waals surface area contributed by atoms with Crippen LogP contribution in [0, 0.1) is 5.41 Å². The van der Waals surface area contributed by atoms with Crippen LogP contribution >= 0.6 is 0 Å². The first-order valence-corrected chi connectivity index (χ1v) is 7.93. The number of benzene rings is 1. The maximum Gasteiger partial charge on any atom is 0.212 e. The highest BCUT2D eigenvalue weighted by Crippen LogP contribution is 2.39. The Balaban J connectivity index is 2.16. The van der Waals surface area contributed by atoms with Crippen molar-refractivity contribution in [2.45, 2.75) is 65.3 Å². The Hall–Kier alpha value is -1.28. The second-order valence-corrected chi connectivity index (χ2v) is 7.10. The van der Waals surface area contributed by atoms with Crippen LogP contribution in [-0.4, -0.2) is 11.9 Å². The van der Waals surface area contributed by atoms with E-state index in [2.05, 4.69) is 34.3 Å². The monoisotopic (exact) mass is 288 g/mol. The fourth-order valence-corrected chi connectivity index (χ4v) is 2.58. The molecule has 0 saturated heterocycles. The zero-order valence-electron chi connectivity index (χ0n) is 13.8. The first kappa shape index (κ1) is 16.1. The zero-order valence-corrected chi connectivity index (χ0v) is 13.8. The van der Waals surface area contributed by atoms with Crippen LogP contribution in [-0.2, 0) is 4.74 Å². The topological polar surface area (TPSA) is 18.5 Å². The lowest BCUT2D eigenvalue weighted by molar-refractivity contribution is -0.252. The zero-order chi connectivity index (χ0) is 15.5. The lowest BCUT2D eigenvalue weighted by atomic mass is 9.86. The first-order valence-electron chi connectivity index (χ1n) is 7.93. The number of hydrogen-bond acceptors (Lipinski definition) is 2. The van der Waals surface area contributed by atoms with Gasteiger partial charge in [0.25, 0.3) is 0 Å². The molecule has 2 nitrogen and oxygen atoms in total. The molecule has 0 N–H and O–H groups in total. The van der Waals surface area contributed by atoms with Crippen molar-refractivity contribution >= 4 is 6.08 Å². The van der Waals surface area contributed by atoms with Gasteiger partial charge >= 0.3 is 0 Å². The third-order valence-electron chi connectivity index (χ3n) is 4.48. The molecule has 2 heteroatoms. The van der Waals surface area contributed by atoms with E-state index in [0.717, 1.165) is 24.2 Å². The highest BCUT2D eigenvalue weighted by atomic mass is 16.7. The second kappa shape index (κ2) is 6.23. The van der Waals surface area contributed by atoms with Crippen molar-refractivity contribution in [2.75, 3.05) is 0 Å². The molecule has 1 aliphatic rings. The minimum atomic E-state index is -0.627. The molecule has 0 aromatic heterocycles. The van der Waals surface area contributed by atoms with Gasteiger partial charge in [0.05, 0.1) is 6.10 Å². The number of hydrogen-bond donors (Lipinski definition) is 0. The summed E-state index contributed by atoms with van der Waals surface area (Å²) >= 11 is 0. The molecule has 1 unspecified atom stereocenters. The summed E-state index contributed by atoms with van der Waals surface area (Å²) in [5.41, 5.74) is 0.990. The largest absolute Gasteiger partial charge is 0.462 e. The molecule has 1 aromatic carbocycles. The summed E-state index contributed by atoms with van der Waals surface area (Å²) in [6.45, 7) is 12.3. The van der Waals surface area contributed by atoms with Gasteiger partial charge in [0.2, 0.25) is 5.79 Å². The van der Waals surface area contributed by atoms with Gasteiger partial charge in [-0.1, -0.05) is 58.4 Å². The van der Waals surface area contributed by atoms with E-state index in [1.807, 2.05) is 30.3 Å². The Kier molecular flexibility index (Phi) is 4.77. The molecule has 0 aliphatic heterocycles. The van der Waals surface area contributed by atoms with Crippen molar-refractivity contribution in [2.24, 2.45) is 5.41 Å². The highest BCUT2D eigenvalue weighted by molar-refractivity contribution is 5.48. The van der Waals surface area contributed by atoms with Gasteiger partial charge in [-0.05, 0) is 30.5 Å². The molecule has 0 radical (unpaired) electrons. The summed E-state index contributed by atoms with van der Waals surface area (Å²) in [5.74, 6) is 0.216. The van der Waals surface area contributed by atoms with E-state index in [-0.39, 0.29) is 5.41 Å². The summed E-state index contributed by atoms with van der Waals surface area (Å²) in [6.07, 6.45) is 6.97. The molecule has 0 bridgehead atoms. The Morgan fingerprint density at radius 2 is 1.62 bits per heavy atom. The van der Waals surface area contributed by atoms with Gasteiger partial charge < -0.3 is 9.47 Å². The molecule has 21 heavy (non-hydrogen) atoms. The van der Waals surface area contributed by atoms with E-state index in [4.69, 9.17) is 9.47 Å². The van der Waals surface area contributed by atoms with Crippen LogP contribution in [0.3, 0.4) is 0 Å². The average Bonchev–Trinajstić information content (AvgIpc) is 2.91. The van der Waals surface area contributed by atoms with Crippen molar-refractivity contribution in [3.05, 3.63) is 36.4 Å². The summed E-state index contributed by atoms with van der Waals surface area (Å²) in [5, 5.41) is 0. The van der Waals surface area contributed by atoms with Gasteiger partial charge in [-0.3, -0.25) is 0 Å². The Morgan fingerprint density at radius 3 is 2.10 bits per heavy atom. The fraction of sp³-hybridized carbons (Fsp3) is 0.579. The highest BCUT2D eigenvalue weighted by Gasteiger charge is 2.43. The van der Waals surface area contributed by atoms with E-state index >= 15 is 0 Å². The van der Waals surface area contributed by atoms with Gasteiger partial charge in [0.15, 0.2) is 0 Å². The SMILES string of the molecule is C=Cc1ccc(OC(C)(OC2CCCC2)C(C)(C)C)cc1. The molecule has 1 fully saturated rings. The maximum absolute atomic E-state index is 6.38. The normalized spacial score (nSPS) is 19.2. The predicted octanol–water partition coefficient (Wildman–Crippen LogP) is 5.43. The molecule has 2 rings (SSSR count). The first-order chi connectivity index (χ1) is 9.84. The van der Waals surface area contributed by atoms with Gasteiger partial charge in [-0.2, -0.15) is 0 Å². The molecule has 116 valence electrons. The van der Waals surface area contributed by atoms with Crippen molar-refractivity contribution in [1.29, 1.82) is 0 Å². The van der Waals surface area contributed by atoms with Crippen LogP contribution < -0.4 is 4.74 Å². The van der Waals surface area contributed by atoms with Gasteiger partial charge in [0, 0.05) is 12.3 Å². The molecular weight excluding hydrogens is 260 g/mol. The van der Waals surface area contributed by atoms with E-state index < -0.39 is 5.79 Å². The lowest BCUT2D eigenvalue weighted by Gasteiger charge is -2.43. The van der Waals surface area contributed by atoms with Crippen LogP contribution in [0.2, 0.25) is 0 Å². The molecule has 0 spiro atoms. The van der Waals surface area contributed by atoms with Gasteiger partial charge in [-0.25, -0.2) is 0 Å². The molecule has 0 heterocycles.